The van der Waals surface area contributed by atoms with Crippen molar-refractivity contribution >= 4 is 78.1 Å². The quantitative estimate of drug-likeness (QED) is 0.320. The molecule has 9 heteroatoms. The Morgan fingerprint density at radius 2 is 1.91 bits per heavy atom. The normalized spacial score (nSPS) is 15.4. The molecule has 0 saturated carbocycles. The Kier molecular flexibility index (Phi) is 7.87. The van der Waals surface area contributed by atoms with E-state index < -0.39 is 0 Å². The summed E-state index contributed by atoms with van der Waals surface area (Å²) in [5.41, 5.74) is 3.14. The average Bonchev–Trinajstić information content (AvgIpc) is 3.12. The Balaban J connectivity index is 1.52. The molecule has 1 aliphatic heterocycles. The maximum absolute atomic E-state index is 12.5. The van der Waals surface area contributed by atoms with E-state index in [0.29, 0.717) is 31.5 Å². The summed E-state index contributed by atoms with van der Waals surface area (Å²) in [5.74, 6) is -0.0832. The van der Waals surface area contributed by atoms with Gasteiger partial charge in [0.15, 0.2) is 11.8 Å². The lowest BCUT2D eigenvalue weighted by molar-refractivity contribution is -0.118. The van der Waals surface area contributed by atoms with Gasteiger partial charge in [-0.3, -0.25) is 9.59 Å². The topological polar surface area (TPSA) is 79.8 Å². The molecule has 3 aromatic rings. The van der Waals surface area contributed by atoms with Crippen molar-refractivity contribution in [1.82, 2.24) is 5.32 Å². The summed E-state index contributed by atoms with van der Waals surface area (Å²) in [4.78, 5) is 29.9. The number of para-hydroxylation sites is 1. The monoisotopic (exact) mass is 599 g/mol. The van der Waals surface area contributed by atoms with E-state index in [4.69, 9.17) is 4.74 Å². The van der Waals surface area contributed by atoms with E-state index in [1.54, 1.807) is 6.08 Å². The van der Waals surface area contributed by atoms with E-state index in [-0.39, 0.29) is 18.4 Å². The highest BCUT2D eigenvalue weighted by atomic mass is 79.9. The van der Waals surface area contributed by atoms with E-state index in [1.165, 1.54) is 11.8 Å². The van der Waals surface area contributed by atoms with E-state index in [9.17, 15) is 9.59 Å². The van der Waals surface area contributed by atoms with Gasteiger partial charge in [-0.25, -0.2) is 4.99 Å². The van der Waals surface area contributed by atoms with Crippen molar-refractivity contribution < 1.29 is 14.3 Å². The third-order valence-corrected chi connectivity index (χ3v) is 6.57. The van der Waals surface area contributed by atoms with Crippen LogP contribution in [0.1, 0.15) is 11.1 Å². The molecule has 6 nitrogen and oxygen atoms in total. The van der Waals surface area contributed by atoms with Crippen LogP contribution >= 0.6 is 43.6 Å². The van der Waals surface area contributed by atoms with Gasteiger partial charge in [-0.05, 0) is 82.7 Å². The SMILES string of the molecule is Cc1cccc(NC(=O)COc2c(Br)cc(Br)cc2/C=C2\SC(=Nc3ccccc3)NC2=O)c1. The molecular weight excluding hydrogens is 582 g/mol. The number of aliphatic imine (C=N–C) groups is 1. The number of nitrogens with one attached hydrogen (secondary N) is 2. The number of nitrogens with zero attached hydrogens (tertiary/aromatic N) is 1. The summed E-state index contributed by atoms with van der Waals surface area (Å²) in [5, 5.41) is 6.10. The van der Waals surface area contributed by atoms with Crippen molar-refractivity contribution in [1.29, 1.82) is 0 Å². The average molecular weight is 601 g/mol. The Morgan fingerprint density at radius 3 is 2.68 bits per heavy atom. The zero-order chi connectivity index (χ0) is 24.1. The third-order valence-electron chi connectivity index (χ3n) is 4.61. The molecule has 0 unspecified atom stereocenters. The molecule has 34 heavy (non-hydrogen) atoms. The smallest absolute Gasteiger partial charge is 0.264 e. The van der Waals surface area contributed by atoms with Gasteiger partial charge in [0.25, 0.3) is 11.8 Å². The summed E-state index contributed by atoms with van der Waals surface area (Å²) in [6, 6.07) is 20.6. The fraction of sp³-hybridized carbons (Fsp3) is 0.0800. The number of rotatable bonds is 6. The number of hydrogen-bond acceptors (Lipinski definition) is 5. The molecule has 1 aliphatic rings. The van der Waals surface area contributed by atoms with Crippen molar-refractivity contribution in [3.05, 3.63) is 91.7 Å². The molecule has 0 aromatic heterocycles. The number of carbonyl (C=O) groups is 2. The zero-order valence-corrected chi connectivity index (χ0v) is 22.0. The van der Waals surface area contributed by atoms with Crippen LogP contribution in [-0.4, -0.2) is 23.6 Å². The number of aryl methyl sites for hydroxylation is 1. The zero-order valence-electron chi connectivity index (χ0n) is 18.0. The van der Waals surface area contributed by atoms with Crippen LogP contribution in [0, 0.1) is 6.92 Å². The first-order chi connectivity index (χ1) is 16.4. The number of anilines is 1. The first-order valence-electron chi connectivity index (χ1n) is 10.2. The van der Waals surface area contributed by atoms with E-state index in [0.717, 1.165) is 15.7 Å². The van der Waals surface area contributed by atoms with Crippen LogP contribution < -0.4 is 15.4 Å². The van der Waals surface area contributed by atoms with Crippen molar-refractivity contribution in [3.63, 3.8) is 0 Å². The van der Waals surface area contributed by atoms with Crippen molar-refractivity contribution in [3.8, 4) is 5.75 Å². The molecule has 2 N–H and O–H groups in total. The first-order valence-corrected chi connectivity index (χ1v) is 12.6. The van der Waals surface area contributed by atoms with Gasteiger partial charge in [-0.2, -0.15) is 0 Å². The standard InChI is InChI=1S/C25H19Br2N3O3S/c1-15-6-5-9-19(10-15)28-22(31)14-33-23-16(11-17(26)13-20(23)27)12-21-24(32)30-25(34-21)29-18-7-3-2-4-8-18/h2-13H,14H2,1H3,(H,28,31)(H,29,30,32)/b21-12-. The summed E-state index contributed by atoms with van der Waals surface area (Å²) < 4.78 is 7.31. The van der Waals surface area contributed by atoms with Gasteiger partial charge in [0.2, 0.25) is 0 Å². The lowest BCUT2D eigenvalue weighted by atomic mass is 10.2. The summed E-state index contributed by atoms with van der Waals surface area (Å²) >= 11 is 8.21. The summed E-state index contributed by atoms with van der Waals surface area (Å²) in [6.45, 7) is 1.77. The molecule has 0 aliphatic carbocycles. The molecule has 0 bridgehead atoms. The van der Waals surface area contributed by atoms with E-state index in [2.05, 4.69) is 47.5 Å². The largest absolute Gasteiger partial charge is 0.482 e. The molecular formula is C25H19Br2N3O3S. The first kappa shape index (κ1) is 24.3. The maximum atomic E-state index is 12.5. The second-order valence-electron chi connectivity index (χ2n) is 7.33. The summed E-state index contributed by atoms with van der Waals surface area (Å²) in [6.07, 6.45) is 1.72. The minimum atomic E-state index is -0.288. The predicted molar refractivity (Wildman–Crippen MR) is 144 cm³/mol. The molecule has 3 aromatic carbocycles. The van der Waals surface area contributed by atoms with Crippen LogP contribution in [0.2, 0.25) is 0 Å². The second-order valence-corrected chi connectivity index (χ2v) is 10.1. The van der Waals surface area contributed by atoms with Crippen molar-refractivity contribution in [2.75, 3.05) is 11.9 Å². The van der Waals surface area contributed by atoms with Gasteiger partial charge in [0.05, 0.1) is 15.1 Å². The second kappa shape index (κ2) is 11.0. The van der Waals surface area contributed by atoms with Gasteiger partial charge in [0, 0.05) is 15.7 Å². The molecule has 1 fully saturated rings. The fourth-order valence-electron chi connectivity index (χ4n) is 3.14. The van der Waals surface area contributed by atoms with E-state index in [1.807, 2.05) is 73.7 Å². The highest BCUT2D eigenvalue weighted by Crippen LogP contribution is 2.37. The maximum Gasteiger partial charge on any atom is 0.264 e. The number of halogens is 2. The number of hydrogen-bond donors (Lipinski definition) is 2. The molecule has 0 atom stereocenters. The van der Waals surface area contributed by atoms with Gasteiger partial charge >= 0.3 is 0 Å². The Morgan fingerprint density at radius 1 is 1.12 bits per heavy atom. The minimum absolute atomic E-state index is 0.190. The Hall–Kier alpha value is -2.88. The van der Waals surface area contributed by atoms with Gasteiger partial charge in [0.1, 0.15) is 5.75 Å². The molecule has 2 amide bonds. The van der Waals surface area contributed by atoms with Crippen LogP contribution in [0.25, 0.3) is 6.08 Å². The number of amides is 2. The lowest BCUT2D eigenvalue weighted by Crippen LogP contribution is -2.20. The number of benzene rings is 3. The Bertz CT molecular complexity index is 1310. The number of amidine groups is 1. The van der Waals surface area contributed by atoms with Gasteiger partial charge in [-0.15, -0.1) is 0 Å². The molecule has 1 heterocycles. The number of thioether (sulfide) groups is 1. The molecule has 0 spiro atoms. The molecule has 4 rings (SSSR count). The molecule has 1 saturated heterocycles. The highest BCUT2D eigenvalue weighted by molar-refractivity contribution is 9.11. The number of ether oxygens (including phenoxy) is 1. The van der Waals surface area contributed by atoms with Crippen LogP contribution in [0.15, 0.2) is 85.6 Å². The summed E-state index contributed by atoms with van der Waals surface area (Å²) in [7, 11) is 0. The van der Waals surface area contributed by atoms with Crippen LogP contribution in [0.3, 0.4) is 0 Å². The molecule has 0 radical (unpaired) electrons. The van der Waals surface area contributed by atoms with Crippen LogP contribution in [0.4, 0.5) is 11.4 Å². The van der Waals surface area contributed by atoms with Crippen molar-refractivity contribution in [2.24, 2.45) is 4.99 Å². The van der Waals surface area contributed by atoms with E-state index >= 15 is 0 Å². The lowest BCUT2D eigenvalue weighted by Gasteiger charge is -2.13. The molecule has 172 valence electrons. The van der Waals surface area contributed by atoms with Gasteiger partial charge < -0.3 is 15.4 Å². The number of carbonyl (C=O) groups excluding carboxylic acids is 2. The third kappa shape index (κ3) is 6.37. The fourth-order valence-corrected chi connectivity index (χ4v) is 5.34. The highest BCUT2D eigenvalue weighted by Gasteiger charge is 2.25. The predicted octanol–water partition coefficient (Wildman–Crippen LogP) is 6.43. The van der Waals surface area contributed by atoms with Gasteiger partial charge in [-0.1, -0.05) is 46.3 Å². The van der Waals surface area contributed by atoms with Crippen LogP contribution in [0.5, 0.6) is 5.75 Å². The Labute approximate surface area is 218 Å². The minimum Gasteiger partial charge on any atom is -0.482 e. The van der Waals surface area contributed by atoms with Crippen molar-refractivity contribution in [2.45, 2.75) is 6.92 Å². The van der Waals surface area contributed by atoms with Crippen LogP contribution in [-0.2, 0) is 9.59 Å².